The molecule has 0 fully saturated rings. The molecule has 0 aliphatic carbocycles. The third-order valence-electron chi connectivity index (χ3n) is 3.70. The third kappa shape index (κ3) is 3.31. The zero-order valence-electron chi connectivity index (χ0n) is 13.6. The van der Waals surface area contributed by atoms with E-state index in [1.54, 1.807) is 6.26 Å². The van der Waals surface area contributed by atoms with Crippen LogP contribution in [0.15, 0.2) is 57.6 Å². The molecule has 2 heterocycles. The number of aromatic nitrogens is 1. The van der Waals surface area contributed by atoms with Crippen LogP contribution < -0.4 is 5.32 Å². The molecule has 0 saturated heterocycles. The molecule has 2 aromatic heterocycles. The summed E-state index contributed by atoms with van der Waals surface area (Å²) in [5.41, 5.74) is 1.07. The molecule has 0 aliphatic heterocycles. The van der Waals surface area contributed by atoms with Gasteiger partial charge in [0, 0.05) is 12.1 Å². The van der Waals surface area contributed by atoms with Crippen LogP contribution in [0.4, 0.5) is 5.88 Å². The Labute approximate surface area is 140 Å². The summed E-state index contributed by atoms with van der Waals surface area (Å²) >= 11 is 0. The molecular formula is C18H18N4O2. The number of benzene rings is 1. The average Bonchev–Trinajstić information content (AvgIpc) is 3.25. The number of oxazole rings is 1. The van der Waals surface area contributed by atoms with Crippen LogP contribution >= 0.6 is 0 Å². The molecule has 6 nitrogen and oxygen atoms in total. The van der Waals surface area contributed by atoms with Crippen molar-refractivity contribution in [3.8, 4) is 17.5 Å². The monoisotopic (exact) mass is 322 g/mol. The van der Waals surface area contributed by atoms with Crippen molar-refractivity contribution in [2.45, 2.75) is 6.04 Å². The molecular weight excluding hydrogens is 304 g/mol. The summed E-state index contributed by atoms with van der Waals surface area (Å²) in [4.78, 5) is 6.29. The van der Waals surface area contributed by atoms with E-state index in [2.05, 4.69) is 16.4 Å². The molecule has 122 valence electrons. The Morgan fingerprint density at radius 1 is 1.21 bits per heavy atom. The number of hydrogen-bond acceptors (Lipinski definition) is 6. The molecule has 0 amide bonds. The largest absolute Gasteiger partial charge is 0.468 e. The SMILES string of the molecule is CN(C)[C@@H](CNc1oc(-c2ccccc2)nc1C#N)c1ccco1. The summed E-state index contributed by atoms with van der Waals surface area (Å²) in [6.45, 7) is 0.526. The lowest BCUT2D eigenvalue weighted by Crippen LogP contribution is -2.26. The van der Waals surface area contributed by atoms with E-state index in [0.717, 1.165) is 11.3 Å². The van der Waals surface area contributed by atoms with Crippen LogP contribution in [-0.2, 0) is 0 Å². The van der Waals surface area contributed by atoms with Crippen LogP contribution in [0, 0.1) is 11.3 Å². The summed E-state index contributed by atoms with van der Waals surface area (Å²) in [6, 6.07) is 15.4. The average molecular weight is 322 g/mol. The van der Waals surface area contributed by atoms with Gasteiger partial charge in [0.05, 0.1) is 12.3 Å². The summed E-state index contributed by atoms with van der Waals surface area (Å²) in [7, 11) is 3.94. The molecule has 0 spiro atoms. The van der Waals surface area contributed by atoms with Gasteiger partial charge in [0.15, 0.2) is 0 Å². The summed E-state index contributed by atoms with van der Waals surface area (Å²) in [5.74, 6) is 1.64. The van der Waals surface area contributed by atoms with E-state index in [1.807, 2.05) is 61.5 Å². The second-order valence-corrected chi connectivity index (χ2v) is 5.55. The van der Waals surface area contributed by atoms with Gasteiger partial charge in [0.1, 0.15) is 11.8 Å². The molecule has 6 heteroatoms. The lowest BCUT2D eigenvalue weighted by molar-refractivity contribution is 0.268. The molecule has 0 aliphatic rings. The number of nitrogens with zero attached hydrogens (tertiary/aromatic N) is 3. The Hall–Kier alpha value is -3.04. The Kier molecular flexibility index (Phi) is 4.64. The van der Waals surface area contributed by atoms with E-state index in [9.17, 15) is 5.26 Å². The number of anilines is 1. The Morgan fingerprint density at radius 2 is 2.00 bits per heavy atom. The lowest BCUT2D eigenvalue weighted by atomic mass is 10.2. The van der Waals surface area contributed by atoms with Crippen LogP contribution in [0.25, 0.3) is 11.5 Å². The molecule has 3 rings (SSSR count). The van der Waals surface area contributed by atoms with Crippen molar-refractivity contribution >= 4 is 5.88 Å². The zero-order valence-corrected chi connectivity index (χ0v) is 13.6. The number of nitrogens with one attached hydrogen (secondary N) is 1. The first kappa shape index (κ1) is 15.8. The standard InChI is InChI=1S/C18H18N4O2/c1-22(2)15(16-9-6-10-23-16)12-20-18-14(11-19)21-17(24-18)13-7-4-3-5-8-13/h3-10,15,20H,12H2,1-2H3/t15-/m0/s1. The molecule has 3 aromatic rings. The first-order valence-corrected chi connectivity index (χ1v) is 7.59. The van der Waals surface area contributed by atoms with Gasteiger partial charge in [0.25, 0.3) is 0 Å². The van der Waals surface area contributed by atoms with Crippen LogP contribution in [0.1, 0.15) is 17.5 Å². The molecule has 24 heavy (non-hydrogen) atoms. The zero-order chi connectivity index (χ0) is 16.9. The summed E-state index contributed by atoms with van der Waals surface area (Å²) < 4.78 is 11.2. The van der Waals surface area contributed by atoms with Crippen molar-refractivity contribution in [1.82, 2.24) is 9.88 Å². The minimum atomic E-state index is 0.0109. The van der Waals surface area contributed by atoms with E-state index in [1.165, 1.54) is 0 Å². The maximum absolute atomic E-state index is 9.30. The van der Waals surface area contributed by atoms with Gasteiger partial charge in [-0.2, -0.15) is 10.2 Å². The summed E-state index contributed by atoms with van der Waals surface area (Å²) in [6.07, 6.45) is 1.65. The van der Waals surface area contributed by atoms with Crippen LogP contribution in [0.2, 0.25) is 0 Å². The normalized spacial score (nSPS) is 12.1. The molecule has 0 radical (unpaired) electrons. The molecule has 0 saturated carbocycles. The van der Waals surface area contributed by atoms with E-state index in [-0.39, 0.29) is 11.7 Å². The molecule has 1 aromatic carbocycles. The number of rotatable bonds is 6. The van der Waals surface area contributed by atoms with Crippen molar-refractivity contribution < 1.29 is 8.83 Å². The predicted molar refractivity (Wildman–Crippen MR) is 90.3 cm³/mol. The van der Waals surface area contributed by atoms with Crippen molar-refractivity contribution in [1.29, 1.82) is 5.26 Å². The van der Waals surface area contributed by atoms with Crippen molar-refractivity contribution in [3.05, 3.63) is 60.2 Å². The highest BCUT2D eigenvalue weighted by Crippen LogP contribution is 2.26. The first-order valence-electron chi connectivity index (χ1n) is 7.59. The Morgan fingerprint density at radius 3 is 2.62 bits per heavy atom. The number of hydrogen-bond donors (Lipinski definition) is 1. The van der Waals surface area contributed by atoms with E-state index in [4.69, 9.17) is 8.83 Å². The quantitative estimate of drug-likeness (QED) is 0.748. The van der Waals surface area contributed by atoms with Crippen molar-refractivity contribution in [3.63, 3.8) is 0 Å². The predicted octanol–water partition coefficient (Wildman–Crippen LogP) is 3.52. The second kappa shape index (κ2) is 7.02. The summed E-state index contributed by atoms with van der Waals surface area (Å²) in [5, 5.41) is 12.5. The first-order chi connectivity index (χ1) is 11.7. The highest BCUT2D eigenvalue weighted by atomic mass is 16.4. The van der Waals surface area contributed by atoms with Gasteiger partial charge in [-0.15, -0.1) is 0 Å². The smallest absolute Gasteiger partial charge is 0.232 e. The number of likely N-dealkylation sites (N-methyl/N-ethyl adjacent to an activating group) is 1. The fourth-order valence-electron chi connectivity index (χ4n) is 2.43. The number of furan rings is 1. The van der Waals surface area contributed by atoms with Crippen molar-refractivity contribution in [2.24, 2.45) is 0 Å². The van der Waals surface area contributed by atoms with Gasteiger partial charge in [-0.3, -0.25) is 4.90 Å². The minimum Gasteiger partial charge on any atom is -0.468 e. The van der Waals surface area contributed by atoms with Gasteiger partial charge < -0.3 is 14.2 Å². The Bertz CT molecular complexity index is 817. The maximum atomic E-state index is 9.30. The van der Waals surface area contributed by atoms with Crippen LogP contribution in [-0.4, -0.2) is 30.5 Å². The van der Waals surface area contributed by atoms with E-state index in [0.29, 0.717) is 18.3 Å². The van der Waals surface area contributed by atoms with Gasteiger partial charge in [-0.25, -0.2) is 0 Å². The number of nitriles is 1. The van der Waals surface area contributed by atoms with Gasteiger partial charge in [-0.05, 0) is 38.4 Å². The fraction of sp³-hybridized carbons (Fsp3) is 0.222. The molecule has 0 unspecified atom stereocenters. The maximum Gasteiger partial charge on any atom is 0.232 e. The molecule has 1 N–H and O–H groups in total. The second-order valence-electron chi connectivity index (χ2n) is 5.55. The van der Waals surface area contributed by atoms with Crippen LogP contribution in [0.5, 0.6) is 0 Å². The third-order valence-corrected chi connectivity index (χ3v) is 3.70. The van der Waals surface area contributed by atoms with Crippen LogP contribution in [0.3, 0.4) is 0 Å². The van der Waals surface area contributed by atoms with Gasteiger partial charge in [-0.1, -0.05) is 18.2 Å². The van der Waals surface area contributed by atoms with Gasteiger partial charge in [0.2, 0.25) is 17.5 Å². The lowest BCUT2D eigenvalue weighted by Gasteiger charge is -2.22. The Balaban J connectivity index is 1.80. The topological polar surface area (TPSA) is 78.2 Å². The van der Waals surface area contributed by atoms with E-state index < -0.39 is 0 Å². The van der Waals surface area contributed by atoms with Gasteiger partial charge >= 0.3 is 0 Å². The molecule has 1 atom stereocenters. The minimum absolute atomic E-state index is 0.0109. The van der Waals surface area contributed by atoms with E-state index >= 15 is 0 Å². The van der Waals surface area contributed by atoms with Crippen molar-refractivity contribution in [2.75, 3.05) is 26.0 Å². The highest BCUT2D eigenvalue weighted by molar-refractivity contribution is 5.58. The fourth-order valence-corrected chi connectivity index (χ4v) is 2.43. The highest BCUT2D eigenvalue weighted by Gasteiger charge is 2.20. The molecule has 0 bridgehead atoms.